The minimum Gasteiger partial charge on any atom is -0.463 e. The number of aliphatic hydroxyl groups excluding tert-OH is 2. The van der Waals surface area contributed by atoms with Gasteiger partial charge in [-0.15, -0.1) is 0 Å². The van der Waals surface area contributed by atoms with Gasteiger partial charge in [0, 0.05) is 6.42 Å². The summed E-state index contributed by atoms with van der Waals surface area (Å²) in [5.74, 6) is -0.280. The number of hydrogen-bond donors (Lipinski definition) is 2. The molecule has 0 unspecified atom stereocenters. The van der Waals surface area contributed by atoms with Crippen LogP contribution in [0.2, 0.25) is 0 Å². The Morgan fingerprint density at radius 3 is 1.95 bits per heavy atom. The van der Waals surface area contributed by atoms with Gasteiger partial charge < -0.3 is 14.9 Å². The van der Waals surface area contributed by atoms with Crippen LogP contribution in [-0.2, 0) is 9.53 Å². The third-order valence-corrected chi connectivity index (χ3v) is 3.38. The molecule has 120 valence electrons. The Morgan fingerprint density at radius 1 is 0.950 bits per heavy atom. The second-order valence-electron chi connectivity index (χ2n) is 5.45. The molecule has 0 aliphatic heterocycles. The Bertz CT molecular complexity index is 219. The molecule has 0 aromatic rings. The van der Waals surface area contributed by atoms with Gasteiger partial charge in [0.2, 0.25) is 0 Å². The van der Waals surface area contributed by atoms with Gasteiger partial charge in [0.05, 0.1) is 6.61 Å². The molecule has 0 saturated heterocycles. The molecule has 20 heavy (non-hydrogen) atoms. The van der Waals surface area contributed by atoms with Crippen LogP contribution >= 0.6 is 0 Å². The molecule has 0 spiro atoms. The largest absolute Gasteiger partial charge is 0.463 e. The first-order chi connectivity index (χ1) is 9.70. The van der Waals surface area contributed by atoms with Gasteiger partial charge >= 0.3 is 5.97 Å². The standard InChI is InChI=1S/C16H32O4/c1-2-3-4-5-6-7-8-9-10-11-12-16(19)20-14-15(18)13-17/h15,17-18H,2-14H2,1H3/t15-/m1/s1. The first kappa shape index (κ1) is 19.4. The summed E-state index contributed by atoms with van der Waals surface area (Å²) in [6.07, 6.45) is 11.8. The summed E-state index contributed by atoms with van der Waals surface area (Å²) in [5, 5.41) is 17.6. The van der Waals surface area contributed by atoms with Crippen LogP contribution in [0.3, 0.4) is 0 Å². The van der Waals surface area contributed by atoms with E-state index in [1.165, 1.54) is 51.4 Å². The second kappa shape index (κ2) is 14.8. The van der Waals surface area contributed by atoms with Gasteiger partial charge in [-0.3, -0.25) is 4.79 Å². The number of unbranched alkanes of at least 4 members (excludes halogenated alkanes) is 9. The van der Waals surface area contributed by atoms with Crippen molar-refractivity contribution in [3.05, 3.63) is 0 Å². The van der Waals surface area contributed by atoms with Gasteiger partial charge in [-0.2, -0.15) is 0 Å². The van der Waals surface area contributed by atoms with Crippen LogP contribution in [0.25, 0.3) is 0 Å². The van der Waals surface area contributed by atoms with Gasteiger partial charge in [-0.25, -0.2) is 0 Å². The van der Waals surface area contributed by atoms with E-state index in [1.807, 2.05) is 0 Å². The van der Waals surface area contributed by atoms with E-state index in [1.54, 1.807) is 0 Å². The fourth-order valence-electron chi connectivity index (χ4n) is 2.07. The lowest BCUT2D eigenvalue weighted by molar-refractivity contribution is -0.147. The highest BCUT2D eigenvalue weighted by Crippen LogP contribution is 2.11. The summed E-state index contributed by atoms with van der Waals surface area (Å²) in [7, 11) is 0. The lowest BCUT2D eigenvalue weighted by atomic mass is 10.1. The van der Waals surface area contributed by atoms with Gasteiger partial charge in [-0.05, 0) is 6.42 Å². The highest BCUT2D eigenvalue weighted by atomic mass is 16.5. The smallest absolute Gasteiger partial charge is 0.305 e. The van der Waals surface area contributed by atoms with Crippen molar-refractivity contribution < 1.29 is 19.7 Å². The normalized spacial score (nSPS) is 12.3. The maximum absolute atomic E-state index is 11.3. The predicted octanol–water partition coefficient (Wildman–Crippen LogP) is 3.19. The second-order valence-corrected chi connectivity index (χ2v) is 5.45. The van der Waals surface area contributed by atoms with Gasteiger partial charge in [0.15, 0.2) is 0 Å². The summed E-state index contributed by atoms with van der Waals surface area (Å²) in [6, 6.07) is 0. The fraction of sp³-hybridized carbons (Fsp3) is 0.938. The molecule has 4 nitrogen and oxygen atoms in total. The van der Waals surface area contributed by atoms with Crippen LogP contribution in [-0.4, -0.2) is 35.5 Å². The molecule has 1 atom stereocenters. The molecule has 0 heterocycles. The monoisotopic (exact) mass is 288 g/mol. The zero-order valence-electron chi connectivity index (χ0n) is 13.0. The number of esters is 1. The van der Waals surface area contributed by atoms with Crippen molar-refractivity contribution in [1.82, 2.24) is 0 Å². The summed E-state index contributed by atoms with van der Waals surface area (Å²) < 4.78 is 4.83. The minimum atomic E-state index is -0.952. The first-order valence-corrected chi connectivity index (χ1v) is 8.15. The van der Waals surface area contributed by atoms with Crippen LogP contribution < -0.4 is 0 Å². The summed E-state index contributed by atoms with van der Waals surface area (Å²) in [4.78, 5) is 11.3. The van der Waals surface area contributed by atoms with Crippen LogP contribution in [0.5, 0.6) is 0 Å². The Kier molecular flexibility index (Phi) is 14.3. The maximum atomic E-state index is 11.3. The molecule has 2 N–H and O–H groups in total. The topological polar surface area (TPSA) is 66.8 Å². The Morgan fingerprint density at radius 2 is 1.45 bits per heavy atom. The molecule has 0 aromatic carbocycles. The van der Waals surface area contributed by atoms with E-state index in [-0.39, 0.29) is 19.2 Å². The molecular weight excluding hydrogens is 256 g/mol. The zero-order chi connectivity index (χ0) is 15.1. The Hall–Kier alpha value is -0.610. The first-order valence-electron chi connectivity index (χ1n) is 8.15. The minimum absolute atomic E-state index is 0.104. The Balaban J connectivity index is 3.17. The molecule has 0 radical (unpaired) electrons. The lowest BCUT2D eigenvalue weighted by Crippen LogP contribution is -2.21. The molecule has 0 bridgehead atoms. The average Bonchev–Trinajstić information content (AvgIpc) is 2.46. The van der Waals surface area contributed by atoms with E-state index in [0.29, 0.717) is 6.42 Å². The SMILES string of the molecule is CCCCCCCCCCCCC(=O)OC[C@H](O)CO. The van der Waals surface area contributed by atoms with Crippen molar-refractivity contribution in [3.63, 3.8) is 0 Å². The molecule has 0 aliphatic rings. The number of aliphatic hydroxyl groups is 2. The van der Waals surface area contributed by atoms with E-state index < -0.39 is 6.10 Å². The number of rotatable bonds is 14. The van der Waals surface area contributed by atoms with Crippen LogP contribution in [0.1, 0.15) is 77.6 Å². The highest BCUT2D eigenvalue weighted by molar-refractivity contribution is 5.69. The maximum Gasteiger partial charge on any atom is 0.305 e. The molecule has 0 aromatic heterocycles. The van der Waals surface area contributed by atoms with Gasteiger partial charge in [0.25, 0.3) is 0 Å². The molecule has 0 saturated carbocycles. The van der Waals surface area contributed by atoms with E-state index in [0.717, 1.165) is 12.8 Å². The summed E-state index contributed by atoms with van der Waals surface area (Å²) in [5.41, 5.74) is 0. The van der Waals surface area contributed by atoms with Gasteiger partial charge in [-0.1, -0.05) is 64.7 Å². The van der Waals surface area contributed by atoms with Crippen molar-refractivity contribution in [1.29, 1.82) is 0 Å². The van der Waals surface area contributed by atoms with E-state index in [2.05, 4.69) is 6.92 Å². The van der Waals surface area contributed by atoms with Crippen molar-refractivity contribution in [3.8, 4) is 0 Å². The number of carbonyl (C=O) groups is 1. The highest BCUT2D eigenvalue weighted by Gasteiger charge is 2.07. The summed E-state index contributed by atoms with van der Waals surface area (Å²) >= 11 is 0. The predicted molar refractivity (Wildman–Crippen MR) is 80.5 cm³/mol. The van der Waals surface area contributed by atoms with Crippen LogP contribution in [0.4, 0.5) is 0 Å². The lowest BCUT2D eigenvalue weighted by Gasteiger charge is -2.08. The van der Waals surface area contributed by atoms with E-state index in [9.17, 15) is 4.79 Å². The third kappa shape index (κ3) is 13.8. The number of hydrogen-bond acceptors (Lipinski definition) is 4. The summed E-state index contributed by atoms with van der Waals surface area (Å²) in [6.45, 7) is 1.76. The molecule has 0 fully saturated rings. The van der Waals surface area contributed by atoms with Crippen LogP contribution in [0, 0.1) is 0 Å². The van der Waals surface area contributed by atoms with Crippen LogP contribution in [0.15, 0.2) is 0 Å². The molecule has 0 amide bonds. The third-order valence-electron chi connectivity index (χ3n) is 3.38. The quantitative estimate of drug-likeness (QED) is 0.380. The van der Waals surface area contributed by atoms with Crippen molar-refractivity contribution in [2.75, 3.05) is 13.2 Å². The fourth-order valence-corrected chi connectivity index (χ4v) is 2.07. The van der Waals surface area contributed by atoms with E-state index in [4.69, 9.17) is 14.9 Å². The van der Waals surface area contributed by atoms with Crippen molar-refractivity contribution in [2.24, 2.45) is 0 Å². The zero-order valence-corrected chi connectivity index (χ0v) is 13.0. The Labute approximate surface area is 123 Å². The van der Waals surface area contributed by atoms with Crippen molar-refractivity contribution in [2.45, 2.75) is 83.7 Å². The van der Waals surface area contributed by atoms with Crippen molar-refractivity contribution >= 4 is 5.97 Å². The molecule has 0 rings (SSSR count). The number of ether oxygens (including phenoxy) is 1. The van der Waals surface area contributed by atoms with Gasteiger partial charge in [0.1, 0.15) is 12.7 Å². The average molecular weight is 288 g/mol. The molecule has 0 aliphatic carbocycles. The molecular formula is C16H32O4. The number of carbonyl (C=O) groups excluding carboxylic acids is 1. The van der Waals surface area contributed by atoms with E-state index >= 15 is 0 Å². The molecule has 4 heteroatoms.